The number of methoxy groups -OCH3 is 1. The number of hydrogen-bond donors (Lipinski definition) is 2. The number of benzene rings is 2. The Balaban J connectivity index is 1.59. The molecule has 0 bridgehead atoms. The van der Waals surface area contributed by atoms with Gasteiger partial charge in [-0.05, 0) is 30.2 Å². The first-order valence-electron chi connectivity index (χ1n) is 9.64. The number of rotatable bonds is 10. The molecule has 1 heterocycles. The lowest BCUT2D eigenvalue weighted by molar-refractivity contribution is 0.0656. The maximum Gasteiger partial charge on any atom is 0.261 e. The predicted molar refractivity (Wildman–Crippen MR) is 109 cm³/mol. The Bertz CT molecular complexity index is 883. The van der Waals surface area contributed by atoms with Crippen molar-refractivity contribution in [2.24, 2.45) is 0 Å². The van der Waals surface area contributed by atoms with E-state index in [-0.39, 0.29) is 23.3 Å². The van der Waals surface area contributed by atoms with Crippen LogP contribution in [0.5, 0.6) is 0 Å². The van der Waals surface area contributed by atoms with Crippen LogP contribution in [0.3, 0.4) is 0 Å². The highest BCUT2D eigenvalue weighted by atomic mass is 16.5. The molecule has 7 nitrogen and oxygen atoms in total. The summed E-state index contributed by atoms with van der Waals surface area (Å²) in [7, 11) is 1.63. The first kappa shape index (κ1) is 20.7. The fraction of sp³-hybridized carbons (Fsp3) is 0.318. The van der Waals surface area contributed by atoms with Gasteiger partial charge in [0.2, 0.25) is 0 Å². The summed E-state index contributed by atoms with van der Waals surface area (Å²) in [5.41, 5.74) is 2.06. The molecule has 0 unspecified atom stereocenters. The zero-order valence-electron chi connectivity index (χ0n) is 16.4. The quantitative estimate of drug-likeness (QED) is 0.470. The molecule has 0 spiro atoms. The highest BCUT2D eigenvalue weighted by Gasteiger charge is 2.35. The number of ether oxygens (including phenoxy) is 1. The molecule has 0 aliphatic carbocycles. The molecule has 2 aromatic carbocycles. The lowest BCUT2D eigenvalue weighted by Crippen LogP contribution is -2.33. The molecule has 0 atom stereocenters. The van der Waals surface area contributed by atoms with E-state index in [9.17, 15) is 14.4 Å². The Hall–Kier alpha value is -3.03. The van der Waals surface area contributed by atoms with Gasteiger partial charge in [-0.25, -0.2) is 0 Å². The summed E-state index contributed by atoms with van der Waals surface area (Å²) in [6, 6.07) is 14.3. The number of imide groups is 1. The maximum absolute atomic E-state index is 12.7. The van der Waals surface area contributed by atoms with Gasteiger partial charge in [-0.15, -0.1) is 0 Å². The summed E-state index contributed by atoms with van der Waals surface area (Å²) in [4.78, 5) is 38.9. The average Bonchev–Trinajstić information content (AvgIpc) is 2.99. The first-order valence-corrected chi connectivity index (χ1v) is 9.64. The Kier molecular flexibility index (Phi) is 7.10. The van der Waals surface area contributed by atoms with E-state index in [2.05, 4.69) is 10.6 Å². The molecule has 1 aliphatic heterocycles. The van der Waals surface area contributed by atoms with E-state index in [4.69, 9.17) is 4.74 Å². The van der Waals surface area contributed by atoms with Crippen LogP contribution in [0.15, 0.2) is 48.5 Å². The van der Waals surface area contributed by atoms with E-state index in [0.717, 1.165) is 5.56 Å². The van der Waals surface area contributed by atoms with Gasteiger partial charge in [0, 0.05) is 38.9 Å². The smallest absolute Gasteiger partial charge is 0.261 e. The maximum atomic E-state index is 12.7. The van der Waals surface area contributed by atoms with Crippen LogP contribution in [-0.4, -0.2) is 62.5 Å². The van der Waals surface area contributed by atoms with Gasteiger partial charge in [0.1, 0.15) is 0 Å². The summed E-state index contributed by atoms with van der Waals surface area (Å²) >= 11 is 0. The average molecular weight is 395 g/mol. The molecular weight excluding hydrogens is 370 g/mol. The third-order valence-electron chi connectivity index (χ3n) is 4.77. The second-order valence-corrected chi connectivity index (χ2v) is 6.76. The van der Waals surface area contributed by atoms with Crippen molar-refractivity contribution in [2.45, 2.75) is 6.42 Å². The van der Waals surface area contributed by atoms with Gasteiger partial charge in [0.05, 0.1) is 17.7 Å². The van der Waals surface area contributed by atoms with E-state index < -0.39 is 0 Å². The predicted octanol–water partition coefficient (Wildman–Crippen LogP) is 1.49. The molecule has 1 aliphatic rings. The molecule has 0 radical (unpaired) electrons. The van der Waals surface area contributed by atoms with Crippen LogP contribution >= 0.6 is 0 Å². The SMILES string of the molecule is COCCNCCNC(=O)c1ccc2c(c1)C(=O)N(CCc1ccccc1)C2=O. The number of fused-ring (bicyclic) bond motifs is 1. The van der Waals surface area contributed by atoms with Crippen molar-refractivity contribution in [3.05, 3.63) is 70.8 Å². The minimum atomic E-state index is -0.350. The number of amides is 3. The third-order valence-corrected chi connectivity index (χ3v) is 4.77. The Morgan fingerprint density at radius 1 is 0.966 bits per heavy atom. The molecule has 7 heteroatoms. The first-order chi connectivity index (χ1) is 14.1. The fourth-order valence-corrected chi connectivity index (χ4v) is 3.19. The molecule has 0 saturated heterocycles. The van der Waals surface area contributed by atoms with E-state index >= 15 is 0 Å². The number of hydrogen-bond acceptors (Lipinski definition) is 5. The van der Waals surface area contributed by atoms with E-state index in [0.29, 0.717) is 50.3 Å². The fourth-order valence-electron chi connectivity index (χ4n) is 3.19. The Morgan fingerprint density at radius 3 is 2.48 bits per heavy atom. The summed E-state index contributed by atoms with van der Waals surface area (Å²) in [5.74, 6) is -0.934. The third kappa shape index (κ3) is 5.07. The van der Waals surface area contributed by atoms with Gasteiger partial charge < -0.3 is 15.4 Å². The zero-order chi connectivity index (χ0) is 20.6. The second-order valence-electron chi connectivity index (χ2n) is 6.76. The van der Waals surface area contributed by atoms with Crippen LogP contribution in [0.2, 0.25) is 0 Å². The van der Waals surface area contributed by atoms with Crippen LogP contribution in [0.25, 0.3) is 0 Å². The van der Waals surface area contributed by atoms with Crippen molar-refractivity contribution in [3.63, 3.8) is 0 Å². The topological polar surface area (TPSA) is 87.7 Å². The highest BCUT2D eigenvalue weighted by molar-refractivity contribution is 6.22. The van der Waals surface area contributed by atoms with Crippen molar-refractivity contribution in [2.75, 3.05) is 39.9 Å². The number of nitrogens with zero attached hydrogens (tertiary/aromatic N) is 1. The normalized spacial score (nSPS) is 12.9. The van der Waals surface area contributed by atoms with E-state index in [1.54, 1.807) is 19.2 Å². The van der Waals surface area contributed by atoms with Crippen LogP contribution in [0, 0.1) is 0 Å². The van der Waals surface area contributed by atoms with Crippen molar-refractivity contribution in [3.8, 4) is 0 Å². The zero-order valence-corrected chi connectivity index (χ0v) is 16.4. The number of carbonyl (C=O) groups excluding carboxylic acids is 3. The summed E-state index contributed by atoms with van der Waals surface area (Å²) in [5, 5.41) is 5.93. The molecule has 3 rings (SSSR count). The van der Waals surface area contributed by atoms with Gasteiger partial charge in [0.15, 0.2) is 0 Å². The van der Waals surface area contributed by atoms with Crippen molar-refractivity contribution < 1.29 is 19.1 Å². The summed E-state index contributed by atoms with van der Waals surface area (Å²) < 4.78 is 4.94. The van der Waals surface area contributed by atoms with E-state index in [1.165, 1.54) is 11.0 Å². The monoisotopic (exact) mass is 395 g/mol. The number of carbonyl (C=O) groups is 3. The lowest BCUT2D eigenvalue weighted by atomic mass is 10.1. The van der Waals surface area contributed by atoms with Crippen molar-refractivity contribution in [1.82, 2.24) is 15.5 Å². The molecule has 3 amide bonds. The van der Waals surface area contributed by atoms with Crippen LogP contribution in [0.1, 0.15) is 36.6 Å². The molecule has 0 saturated carbocycles. The van der Waals surface area contributed by atoms with Gasteiger partial charge in [0.25, 0.3) is 17.7 Å². The highest BCUT2D eigenvalue weighted by Crippen LogP contribution is 2.24. The van der Waals surface area contributed by atoms with Crippen LogP contribution in [0.4, 0.5) is 0 Å². The van der Waals surface area contributed by atoms with Gasteiger partial charge in [-0.3, -0.25) is 19.3 Å². The summed E-state index contributed by atoms with van der Waals surface area (Å²) in [6.45, 7) is 2.70. The molecule has 0 fully saturated rings. The standard InChI is InChI=1S/C22H25N3O4/c1-29-14-12-23-10-11-24-20(26)17-7-8-18-19(15-17)22(28)25(21(18)27)13-9-16-5-3-2-4-6-16/h2-8,15,23H,9-14H2,1H3,(H,24,26). The molecule has 152 valence electrons. The largest absolute Gasteiger partial charge is 0.383 e. The second kappa shape index (κ2) is 9.95. The van der Waals surface area contributed by atoms with Gasteiger partial charge in [-0.1, -0.05) is 30.3 Å². The van der Waals surface area contributed by atoms with Crippen molar-refractivity contribution >= 4 is 17.7 Å². The van der Waals surface area contributed by atoms with Crippen molar-refractivity contribution in [1.29, 1.82) is 0 Å². The Morgan fingerprint density at radius 2 is 1.72 bits per heavy atom. The minimum Gasteiger partial charge on any atom is -0.383 e. The molecule has 2 aromatic rings. The van der Waals surface area contributed by atoms with Gasteiger partial charge in [-0.2, -0.15) is 0 Å². The molecule has 0 aromatic heterocycles. The molecule has 29 heavy (non-hydrogen) atoms. The number of nitrogens with one attached hydrogen (secondary N) is 2. The summed E-state index contributed by atoms with van der Waals surface area (Å²) in [6.07, 6.45) is 0.593. The van der Waals surface area contributed by atoms with Crippen LogP contribution in [-0.2, 0) is 11.2 Å². The lowest BCUT2D eigenvalue weighted by Gasteiger charge is -2.13. The molecule has 2 N–H and O–H groups in total. The van der Waals surface area contributed by atoms with Crippen LogP contribution < -0.4 is 10.6 Å². The minimum absolute atomic E-state index is 0.274. The Labute approximate surface area is 170 Å². The molecular formula is C22H25N3O4. The van der Waals surface area contributed by atoms with Gasteiger partial charge >= 0.3 is 0 Å². The van der Waals surface area contributed by atoms with E-state index in [1.807, 2.05) is 30.3 Å².